The average molecular weight is 332 g/mol. The van der Waals surface area contributed by atoms with Crippen LogP contribution in [0.3, 0.4) is 0 Å². The fraction of sp³-hybridized carbons (Fsp3) is 0.250. The number of carbonyl (C=O) groups is 1. The molecule has 1 aliphatic heterocycles. The summed E-state index contributed by atoms with van der Waals surface area (Å²) in [5.41, 5.74) is 0.498. The Balaban J connectivity index is 2.22. The molecule has 1 aliphatic rings. The molecule has 0 saturated carbocycles. The van der Waals surface area contributed by atoms with Crippen molar-refractivity contribution in [2.45, 2.75) is 0 Å². The number of thiophene rings is 1. The fourth-order valence-electron chi connectivity index (χ4n) is 2.17. The van der Waals surface area contributed by atoms with Crippen LogP contribution in [0.25, 0.3) is 10.1 Å². The number of anilines is 1. The van der Waals surface area contributed by atoms with Crippen molar-refractivity contribution in [3.8, 4) is 5.75 Å². The first-order valence-electron chi connectivity index (χ1n) is 5.74. The first kappa shape index (κ1) is 13.7. The van der Waals surface area contributed by atoms with Crippen LogP contribution in [0.2, 0.25) is 0 Å². The van der Waals surface area contributed by atoms with E-state index in [1.165, 1.54) is 15.6 Å². The second-order valence-corrected chi connectivity index (χ2v) is 7.76. The lowest BCUT2D eigenvalue weighted by Crippen LogP contribution is -2.37. The molecule has 0 saturated heterocycles. The molecule has 2 heterocycles. The van der Waals surface area contributed by atoms with Crippen molar-refractivity contribution in [1.82, 2.24) is 0 Å². The standard InChI is InChI=1S/C12H10ClNO4S2/c1-20(16,17)14-2-3-18-9-6-10-7(4-8(9)14)5-11(19-10)12(13)15/h4-6H,2-3H2,1H3. The molecule has 0 spiro atoms. The number of nitrogens with zero attached hydrogens (tertiary/aromatic N) is 1. The second-order valence-electron chi connectivity index (χ2n) is 4.43. The molecule has 1 aromatic heterocycles. The maximum absolute atomic E-state index is 11.8. The first-order chi connectivity index (χ1) is 9.36. The van der Waals surface area contributed by atoms with E-state index >= 15 is 0 Å². The van der Waals surface area contributed by atoms with Gasteiger partial charge in [0.25, 0.3) is 5.24 Å². The van der Waals surface area contributed by atoms with Gasteiger partial charge >= 0.3 is 0 Å². The predicted molar refractivity (Wildman–Crippen MR) is 79.7 cm³/mol. The molecule has 0 aliphatic carbocycles. The van der Waals surface area contributed by atoms with Crippen molar-refractivity contribution in [3.63, 3.8) is 0 Å². The largest absolute Gasteiger partial charge is 0.489 e. The van der Waals surface area contributed by atoms with Gasteiger partial charge in [-0.1, -0.05) is 0 Å². The minimum Gasteiger partial charge on any atom is -0.489 e. The van der Waals surface area contributed by atoms with Gasteiger partial charge in [0.05, 0.1) is 23.4 Å². The zero-order chi connectivity index (χ0) is 14.5. The number of benzene rings is 1. The highest BCUT2D eigenvalue weighted by atomic mass is 35.5. The number of hydrogen-bond donors (Lipinski definition) is 0. The molecular weight excluding hydrogens is 322 g/mol. The molecule has 0 radical (unpaired) electrons. The van der Waals surface area contributed by atoms with Gasteiger partial charge in [-0.3, -0.25) is 9.10 Å². The molecule has 0 bridgehead atoms. The number of carbonyl (C=O) groups excluding carboxylic acids is 1. The summed E-state index contributed by atoms with van der Waals surface area (Å²) in [7, 11) is -3.35. The molecule has 20 heavy (non-hydrogen) atoms. The quantitative estimate of drug-likeness (QED) is 0.793. The van der Waals surface area contributed by atoms with Crippen LogP contribution in [-0.2, 0) is 10.0 Å². The number of hydrogen-bond acceptors (Lipinski definition) is 5. The summed E-state index contributed by atoms with van der Waals surface area (Å²) in [6.07, 6.45) is 1.16. The predicted octanol–water partition coefficient (Wildman–Crippen LogP) is 2.44. The van der Waals surface area contributed by atoms with Crippen molar-refractivity contribution >= 4 is 54.0 Å². The van der Waals surface area contributed by atoms with Gasteiger partial charge in [0.2, 0.25) is 10.0 Å². The number of fused-ring (bicyclic) bond motifs is 2. The van der Waals surface area contributed by atoms with E-state index in [1.807, 2.05) is 0 Å². The van der Waals surface area contributed by atoms with Gasteiger partial charge in [0.15, 0.2) is 0 Å². The SMILES string of the molecule is CS(=O)(=O)N1CCOc2cc3sc(C(=O)Cl)cc3cc21. The minimum absolute atomic E-state index is 0.281. The van der Waals surface area contributed by atoms with E-state index in [0.717, 1.165) is 16.3 Å². The van der Waals surface area contributed by atoms with Crippen molar-refractivity contribution in [1.29, 1.82) is 0 Å². The van der Waals surface area contributed by atoms with Crippen LogP contribution in [0.4, 0.5) is 5.69 Å². The summed E-state index contributed by atoms with van der Waals surface area (Å²) in [6.45, 7) is 0.584. The Morgan fingerprint density at radius 2 is 2.15 bits per heavy atom. The summed E-state index contributed by atoms with van der Waals surface area (Å²) in [4.78, 5) is 11.6. The van der Waals surface area contributed by atoms with E-state index in [9.17, 15) is 13.2 Å². The third kappa shape index (κ3) is 2.25. The highest BCUT2D eigenvalue weighted by molar-refractivity contribution is 7.92. The maximum atomic E-state index is 11.8. The molecule has 8 heteroatoms. The molecule has 3 rings (SSSR count). The van der Waals surface area contributed by atoms with Crippen molar-refractivity contribution in [2.75, 3.05) is 23.7 Å². The van der Waals surface area contributed by atoms with E-state index in [2.05, 4.69) is 0 Å². The lowest BCUT2D eigenvalue weighted by atomic mass is 10.2. The summed E-state index contributed by atoms with van der Waals surface area (Å²) < 4.78 is 31.2. The Hall–Kier alpha value is -1.31. The lowest BCUT2D eigenvalue weighted by molar-refractivity contribution is 0.108. The van der Waals surface area contributed by atoms with E-state index in [0.29, 0.717) is 22.9 Å². The van der Waals surface area contributed by atoms with Crippen LogP contribution in [0.15, 0.2) is 18.2 Å². The van der Waals surface area contributed by atoms with Crippen LogP contribution in [-0.4, -0.2) is 33.1 Å². The van der Waals surface area contributed by atoms with Gasteiger partial charge in [-0.05, 0) is 29.1 Å². The minimum atomic E-state index is -3.35. The van der Waals surface area contributed by atoms with Crippen LogP contribution >= 0.6 is 22.9 Å². The number of halogens is 1. The van der Waals surface area contributed by atoms with Gasteiger partial charge in [0, 0.05) is 10.8 Å². The highest BCUT2D eigenvalue weighted by Crippen LogP contribution is 2.39. The summed E-state index contributed by atoms with van der Waals surface area (Å²) in [6, 6.07) is 5.12. The Bertz CT molecular complexity index is 812. The Labute approximate surface area is 124 Å². The normalized spacial score (nSPS) is 15.0. The van der Waals surface area contributed by atoms with Crippen molar-refractivity contribution < 1.29 is 17.9 Å². The van der Waals surface area contributed by atoms with Crippen molar-refractivity contribution in [2.24, 2.45) is 0 Å². The van der Waals surface area contributed by atoms with E-state index in [4.69, 9.17) is 16.3 Å². The van der Waals surface area contributed by atoms with Crippen LogP contribution in [0.1, 0.15) is 9.67 Å². The topological polar surface area (TPSA) is 63.7 Å². The number of sulfonamides is 1. The molecule has 0 atom stereocenters. The summed E-state index contributed by atoms with van der Waals surface area (Å²) in [5, 5.41) is 0.252. The van der Waals surface area contributed by atoms with E-state index in [1.54, 1.807) is 18.2 Å². The Kier molecular flexibility index (Phi) is 3.15. The zero-order valence-electron chi connectivity index (χ0n) is 10.4. The molecule has 0 fully saturated rings. The molecule has 0 amide bonds. The monoisotopic (exact) mass is 331 g/mol. The molecule has 5 nitrogen and oxygen atoms in total. The van der Waals surface area contributed by atoms with E-state index < -0.39 is 15.3 Å². The van der Waals surface area contributed by atoms with Crippen molar-refractivity contribution in [3.05, 3.63) is 23.1 Å². The van der Waals surface area contributed by atoms with Gasteiger partial charge < -0.3 is 4.74 Å². The Morgan fingerprint density at radius 1 is 1.40 bits per heavy atom. The molecule has 0 N–H and O–H groups in total. The molecule has 2 aromatic rings. The third-order valence-electron chi connectivity index (χ3n) is 3.01. The average Bonchev–Trinajstić information content (AvgIpc) is 2.76. The second kappa shape index (κ2) is 4.61. The number of rotatable bonds is 2. The van der Waals surface area contributed by atoms with Gasteiger partial charge in [0.1, 0.15) is 12.4 Å². The highest BCUT2D eigenvalue weighted by Gasteiger charge is 2.26. The van der Waals surface area contributed by atoms with Gasteiger partial charge in [-0.2, -0.15) is 0 Å². The van der Waals surface area contributed by atoms with Gasteiger partial charge in [-0.25, -0.2) is 8.42 Å². The number of ether oxygens (including phenoxy) is 1. The molecule has 1 aromatic carbocycles. The maximum Gasteiger partial charge on any atom is 0.262 e. The van der Waals surface area contributed by atoms with Crippen LogP contribution in [0.5, 0.6) is 5.75 Å². The third-order valence-corrected chi connectivity index (χ3v) is 5.60. The molecule has 106 valence electrons. The molecular formula is C12H10ClNO4S2. The first-order valence-corrected chi connectivity index (χ1v) is 8.78. The summed E-state index contributed by atoms with van der Waals surface area (Å²) in [5.74, 6) is 0.504. The van der Waals surface area contributed by atoms with Crippen LogP contribution < -0.4 is 9.04 Å². The smallest absolute Gasteiger partial charge is 0.262 e. The van der Waals surface area contributed by atoms with E-state index in [-0.39, 0.29) is 6.54 Å². The lowest BCUT2D eigenvalue weighted by Gasteiger charge is -2.29. The van der Waals surface area contributed by atoms with Crippen LogP contribution in [0, 0.1) is 0 Å². The molecule has 0 unspecified atom stereocenters. The fourth-order valence-corrected chi connectivity index (χ4v) is 4.15. The Morgan fingerprint density at radius 3 is 2.80 bits per heavy atom. The zero-order valence-corrected chi connectivity index (χ0v) is 12.8. The van der Waals surface area contributed by atoms with Gasteiger partial charge in [-0.15, -0.1) is 11.3 Å². The summed E-state index contributed by atoms with van der Waals surface area (Å²) >= 11 is 6.73.